The Bertz CT molecular complexity index is 465. The molecule has 0 saturated heterocycles. The number of anilines is 2. The fourth-order valence-corrected chi connectivity index (χ4v) is 2.80. The molecule has 1 atom stereocenters. The molecule has 2 N–H and O–H groups in total. The summed E-state index contributed by atoms with van der Waals surface area (Å²) in [7, 11) is 0. The monoisotopic (exact) mass is 358 g/mol. The van der Waals surface area contributed by atoms with Gasteiger partial charge in [0.25, 0.3) is 0 Å². The fraction of sp³-hybridized carbons (Fsp3) is 0.500. The molecular weight excluding hydrogens is 339 g/mol. The van der Waals surface area contributed by atoms with Crippen LogP contribution in [0.2, 0.25) is 0 Å². The van der Waals surface area contributed by atoms with Crippen LogP contribution in [0.4, 0.5) is 11.4 Å². The molecule has 0 saturated carbocycles. The molecule has 18 heavy (non-hydrogen) atoms. The summed E-state index contributed by atoms with van der Waals surface area (Å²) in [6.07, 6.45) is 1.51. The molecule has 0 radical (unpaired) electrons. The van der Waals surface area contributed by atoms with Gasteiger partial charge in [-0.1, -0.05) is 20.8 Å². The summed E-state index contributed by atoms with van der Waals surface area (Å²) in [6.45, 7) is 6.60. The zero-order chi connectivity index (χ0) is 13.3. The average molecular weight is 358 g/mol. The molecule has 1 aromatic carbocycles. The van der Waals surface area contributed by atoms with Gasteiger partial charge < -0.3 is 10.6 Å². The van der Waals surface area contributed by atoms with Gasteiger partial charge in [0.15, 0.2) is 0 Å². The van der Waals surface area contributed by atoms with Crippen molar-refractivity contribution in [1.82, 2.24) is 0 Å². The Labute approximate surface area is 122 Å². The Balaban J connectivity index is 2.24. The zero-order valence-corrected chi connectivity index (χ0v) is 13.2. The number of hydrogen-bond donors (Lipinski definition) is 2. The molecular formula is C14H19IN2O. The van der Waals surface area contributed by atoms with Gasteiger partial charge in [-0.05, 0) is 52.6 Å². The topological polar surface area (TPSA) is 41.1 Å². The van der Waals surface area contributed by atoms with Crippen LogP contribution in [0.25, 0.3) is 0 Å². The van der Waals surface area contributed by atoms with Gasteiger partial charge in [0.05, 0.1) is 11.4 Å². The first-order valence-corrected chi connectivity index (χ1v) is 7.27. The number of benzene rings is 1. The van der Waals surface area contributed by atoms with Crippen LogP contribution in [-0.2, 0) is 4.79 Å². The largest absolute Gasteiger partial charge is 0.380 e. The van der Waals surface area contributed by atoms with E-state index in [1.165, 1.54) is 0 Å². The minimum absolute atomic E-state index is 0.0949. The maximum Gasteiger partial charge on any atom is 0.226 e. The van der Waals surface area contributed by atoms with Gasteiger partial charge in [0.1, 0.15) is 0 Å². The van der Waals surface area contributed by atoms with Crippen LogP contribution in [0.15, 0.2) is 18.2 Å². The lowest BCUT2D eigenvalue weighted by atomic mass is 9.87. The summed E-state index contributed by atoms with van der Waals surface area (Å²) in [5, 5.41) is 6.46. The molecule has 0 spiro atoms. The first kappa shape index (κ1) is 13.6. The standard InChI is InChI=1S/C14H19IN2O/c1-14(2,3)8-10-7-13(18)17-12-6-9(15)4-5-11(12)16-10/h4-6,10,16H,7-8H2,1-3H3,(H,17,18). The van der Waals surface area contributed by atoms with E-state index in [4.69, 9.17) is 0 Å². The lowest BCUT2D eigenvalue weighted by Gasteiger charge is -2.25. The molecule has 4 heteroatoms. The third kappa shape index (κ3) is 3.60. The molecule has 1 unspecified atom stereocenters. The quantitative estimate of drug-likeness (QED) is 0.749. The van der Waals surface area contributed by atoms with Gasteiger partial charge >= 0.3 is 0 Å². The van der Waals surface area contributed by atoms with Crippen LogP contribution in [0.1, 0.15) is 33.6 Å². The van der Waals surface area contributed by atoms with E-state index < -0.39 is 0 Å². The number of amides is 1. The van der Waals surface area contributed by atoms with Crippen molar-refractivity contribution in [2.75, 3.05) is 10.6 Å². The molecule has 0 bridgehead atoms. The minimum atomic E-state index is 0.0949. The van der Waals surface area contributed by atoms with Crippen molar-refractivity contribution in [3.63, 3.8) is 0 Å². The highest BCUT2D eigenvalue weighted by Crippen LogP contribution is 2.31. The summed E-state index contributed by atoms with van der Waals surface area (Å²) in [5.74, 6) is 0.0949. The number of hydrogen-bond acceptors (Lipinski definition) is 2. The van der Waals surface area contributed by atoms with Crippen LogP contribution in [0, 0.1) is 8.99 Å². The summed E-state index contributed by atoms with van der Waals surface area (Å²) in [4.78, 5) is 11.9. The normalized spacial score (nSPS) is 19.6. The Kier molecular flexibility index (Phi) is 3.84. The summed E-state index contributed by atoms with van der Waals surface area (Å²) in [5.41, 5.74) is 2.13. The highest BCUT2D eigenvalue weighted by atomic mass is 127. The van der Waals surface area contributed by atoms with Crippen molar-refractivity contribution in [2.24, 2.45) is 5.41 Å². The predicted molar refractivity (Wildman–Crippen MR) is 83.9 cm³/mol. The van der Waals surface area contributed by atoms with E-state index in [1.54, 1.807) is 0 Å². The van der Waals surface area contributed by atoms with Crippen LogP contribution >= 0.6 is 22.6 Å². The van der Waals surface area contributed by atoms with Crippen LogP contribution in [-0.4, -0.2) is 11.9 Å². The molecule has 0 aromatic heterocycles. The summed E-state index contributed by atoms with van der Waals surface area (Å²) >= 11 is 2.25. The van der Waals surface area contributed by atoms with E-state index in [0.717, 1.165) is 21.4 Å². The number of nitrogens with one attached hydrogen (secondary N) is 2. The van der Waals surface area contributed by atoms with Gasteiger partial charge in [0.2, 0.25) is 5.91 Å². The molecule has 2 rings (SSSR count). The van der Waals surface area contributed by atoms with Gasteiger partial charge in [-0.25, -0.2) is 0 Å². The number of fused-ring (bicyclic) bond motifs is 1. The minimum Gasteiger partial charge on any atom is -0.380 e. The smallest absolute Gasteiger partial charge is 0.226 e. The third-order valence-electron chi connectivity index (χ3n) is 2.91. The Morgan fingerprint density at radius 1 is 1.33 bits per heavy atom. The van der Waals surface area contributed by atoms with E-state index >= 15 is 0 Å². The second-order valence-electron chi connectivity index (χ2n) is 6.05. The molecule has 0 fully saturated rings. The van der Waals surface area contributed by atoms with Crippen molar-refractivity contribution in [1.29, 1.82) is 0 Å². The Hall–Kier alpha value is -0.780. The molecule has 1 aliphatic heterocycles. The van der Waals surface area contributed by atoms with Crippen molar-refractivity contribution >= 4 is 39.9 Å². The zero-order valence-electron chi connectivity index (χ0n) is 11.0. The average Bonchev–Trinajstić information content (AvgIpc) is 2.32. The van der Waals surface area contributed by atoms with E-state index in [1.807, 2.05) is 12.1 Å². The van der Waals surface area contributed by atoms with Gasteiger partial charge in [-0.2, -0.15) is 0 Å². The van der Waals surface area contributed by atoms with Crippen molar-refractivity contribution < 1.29 is 4.79 Å². The van der Waals surface area contributed by atoms with Crippen molar-refractivity contribution in [3.8, 4) is 0 Å². The van der Waals surface area contributed by atoms with E-state index in [9.17, 15) is 4.79 Å². The van der Waals surface area contributed by atoms with Crippen LogP contribution < -0.4 is 10.6 Å². The fourth-order valence-electron chi connectivity index (χ4n) is 2.30. The highest BCUT2D eigenvalue weighted by molar-refractivity contribution is 14.1. The summed E-state index contributed by atoms with van der Waals surface area (Å²) in [6, 6.07) is 6.29. The van der Waals surface area contributed by atoms with E-state index in [0.29, 0.717) is 6.42 Å². The Morgan fingerprint density at radius 3 is 2.72 bits per heavy atom. The molecule has 1 amide bonds. The van der Waals surface area contributed by atoms with Gasteiger partial charge in [-0.3, -0.25) is 4.79 Å². The lowest BCUT2D eigenvalue weighted by molar-refractivity contribution is -0.116. The van der Waals surface area contributed by atoms with Gasteiger partial charge in [0, 0.05) is 16.0 Å². The molecule has 1 heterocycles. The lowest BCUT2D eigenvalue weighted by Crippen LogP contribution is -2.27. The number of carbonyl (C=O) groups excluding carboxylic acids is 1. The second kappa shape index (κ2) is 5.07. The number of rotatable bonds is 1. The van der Waals surface area contributed by atoms with Crippen molar-refractivity contribution in [3.05, 3.63) is 21.8 Å². The first-order chi connectivity index (χ1) is 8.33. The molecule has 3 nitrogen and oxygen atoms in total. The number of carbonyl (C=O) groups is 1. The predicted octanol–water partition coefficient (Wildman–Crippen LogP) is 3.85. The molecule has 1 aliphatic rings. The molecule has 0 aliphatic carbocycles. The van der Waals surface area contributed by atoms with Crippen LogP contribution in [0.3, 0.4) is 0 Å². The van der Waals surface area contributed by atoms with E-state index in [-0.39, 0.29) is 17.4 Å². The number of halogens is 1. The SMILES string of the molecule is CC(C)(C)CC1CC(=O)Nc2cc(I)ccc2N1. The Morgan fingerprint density at radius 2 is 2.06 bits per heavy atom. The van der Waals surface area contributed by atoms with E-state index in [2.05, 4.69) is 60.1 Å². The van der Waals surface area contributed by atoms with Gasteiger partial charge in [-0.15, -0.1) is 0 Å². The maximum absolute atomic E-state index is 11.9. The molecule has 98 valence electrons. The van der Waals surface area contributed by atoms with Crippen molar-refractivity contribution in [2.45, 2.75) is 39.7 Å². The highest BCUT2D eigenvalue weighted by Gasteiger charge is 2.25. The first-order valence-electron chi connectivity index (χ1n) is 6.19. The van der Waals surface area contributed by atoms with Crippen LogP contribution in [0.5, 0.6) is 0 Å². The second-order valence-corrected chi connectivity index (χ2v) is 7.29. The molecule has 1 aromatic rings. The third-order valence-corrected chi connectivity index (χ3v) is 3.58. The summed E-state index contributed by atoms with van der Waals surface area (Å²) < 4.78 is 1.13. The maximum atomic E-state index is 11.9.